The normalized spacial score (nSPS) is 57.4. The van der Waals surface area contributed by atoms with Gasteiger partial charge < -0.3 is 10.2 Å². The zero-order valence-corrected chi connectivity index (χ0v) is 14.7. The van der Waals surface area contributed by atoms with Crippen molar-refractivity contribution < 1.29 is 10.2 Å². The molecule has 128 valence electrons. The maximum absolute atomic E-state index is 10.1. The van der Waals surface area contributed by atoms with E-state index in [1.165, 1.54) is 32.1 Å². The minimum Gasteiger partial charge on any atom is -0.396 e. The first-order valence-corrected chi connectivity index (χ1v) is 10.0. The van der Waals surface area contributed by atoms with Crippen molar-refractivity contribution in [2.24, 2.45) is 40.4 Å². The molecule has 0 aliphatic heterocycles. The van der Waals surface area contributed by atoms with E-state index in [0.717, 1.165) is 42.9 Å². The largest absolute Gasteiger partial charge is 0.396 e. The second kappa shape index (κ2) is 4.64. The van der Waals surface area contributed by atoms with Crippen LogP contribution in [-0.2, 0) is 0 Å². The van der Waals surface area contributed by atoms with E-state index in [1.807, 2.05) is 0 Å². The van der Waals surface area contributed by atoms with Gasteiger partial charge in [-0.05, 0) is 91.8 Å². The van der Waals surface area contributed by atoms with Crippen LogP contribution in [-0.4, -0.2) is 22.9 Å². The smallest absolute Gasteiger partial charge is 0.0580 e. The Hall–Kier alpha value is -0.340. The molecule has 8 atom stereocenters. The second-order valence-corrected chi connectivity index (χ2v) is 9.85. The lowest BCUT2D eigenvalue weighted by Gasteiger charge is -2.57. The number of rotatable bonds is 1. The van der Waals surface area contributed by atoms with Crippen molar-refractivity contribution in [2.45, 2.75) is 71.3 Å². The van der Waals surface area contributed by atoms with Gasteiger partial charge in [-0.25, -0.2) is 0 Å². The highest BCUT2D eigenvalue weighted by Crippen LogP contribution is 2.83. The van der Waals surface area contributed by atoms with Crippen molar-refractivity contribution in [1.29, 1.82) is 0 Å². The molecule has 0 saturated heterocycles. The zero-order chi connectivity index (χ0) is 16.0. The van der Waals surface area contributed by atoms with E-state index in [0.29, 0.717) is 23.4 Å². The Balaban J connectivity index is 1.55. The number of aliphatic hydroxyl groups excluding tert-OH is 2. The maximum atomic E-state index is 10.1. The van der Waals surface area contributed by atoms with Gasteiger partial charge in [-0.15, -0.1) is 0 Å². The van der Waals surface area contributed by atoms with E-state index < -0.39 is 0 Å². The highest BCUT2D eigenvalue weighted by atomic mass is 16.3. The Morgan fingerprint density at radius 3 is 2.83 bits per heavy atom. The fraction of sp³-hybridized carbons (Fsp3) is 0.905. The molecule has 3 saturated carbocycles. The Morgan fingerprint density at radius 2 is 2.04 bits per heavy atom. The summed E-state index contributed by atoms with van der Waals surface area (Å²) in [6, 6.07) is 0. The van der Waals surface area contributed by atoms with Crippen LogP contribution in [0.4, 0.5) is 0 Å². The molecule has 3 fully saturated rings. The summed E-state index contributed by atoms with van der Waals surface area (Å²) in [5, 5.41) is 20.0. The average molecular weight is 316 g/mol. The van der Waals surface area contributed by atoms with E-state index >= 15 is 0 Å². The third kappa shape index (κ3) is 1.68. The van der Waals surface area contributed by atoms with Gasteiger partial charge in [-0.1, -0.05) is 25.0 Å². The third-order valence-electron chi connectivity index (χ3n) is 9.22. The summed E-state index contributed by atoms with van der Waals surface area (Å²) < 4.78 is 0. The zero-order valence-electron chi connectivity index (χ0n) is 14.7. The predicted octanol–water partition coefficient (Wildman–Crippen LogP) is 3.92. The molecule has 23 heavy (non-hydrogen) atoms. The number of hydrogen-bond acceptors (Lipinski definition) is 2. The van der Waals surface area contributed by atoms with Gasteiger partial charge in [0, 0.05) is 6.61 Å². The number of aliphatic hydroxyl groups is 2. The molecular formula is C21H32O2. The van der Waals surface area contributed by atoms with Gasteiger partial charge in [0.05, 0.1) is 6.10 Å². The van der Waals surface area contributed by atoms with Gasteiger partial charge in [0.2, 0.25) is 0 Å². The van der Waals surface area contributed by atoms with Crippen LogP contribution in [0.25, 0.3) is 0 Å². The minimum absolute atomic E-state index is 0.0801. The van der Waals surface area contributed by atoms with Gasteiger partial charge in [0.1, 0.15) is 0 Å². The molecule has 2 heteroatoms. The molecule has 5 aliphatic carbocycles. The first kappa shape index (κ1) is 15.0. The van der Waals surface area contributed by atoms with Crippen LogP contribution < -0.4 is 0 Å². The molecule has 0 amide bonds. The molecule has 0 heterocycles. The SMILES string of the molecule is C[C@@H]1CC2=C(CC[C@@H](O)C2)[C@H]2CC[C@]3(C)[C@H](CO)C[C@@H]4C[C@]43[C@H]12. The van der Waals surface area contributed by atoms with E-state index in [2.05, 4.69) is 13.8 Å². The van der Waals surface area contributed by atoms with Crippen LogP contribution in [0.2, 0.25) is 0 Å². The molecule has 1 spiro atoms. The van der Waals surface area contributed by atoms with Crippen LogP contribution in [0.1, 0.15) is 65.2 Å². The molecule has 0 unspecified atom stereocenters. The Bertz CT molecular complexity index is 566. The molecular weight excluding hydrogens is 284 g/mol. The topological polar surface area (TPSA) is 40.5 Å². The van der Waals surface area contributed by atoms with Gasteiger partial charge in [0.15, 0.2) is 0 Å². The summed E-state index contributed by atoms with van der Waals surface area (Å²) in [4.78, 5) is 0. The minimum atomic E-state index is -0.0801. The average Bonchev–Trinajstić information content (AvgIpc) is 3.17. The van der Waals surface area contributed by atoms with Crippen LogP contribution in [0.3, 0.4) is 0 Å². The van der Waals surface area contributed by atoms with Crippen LogP contribution in [0, 0.1) is 40.4 Å². The highest BCUT2D eigenvalue weighted by Gasteiger charge is 2.77. The molecule has 0 aromatic heterocycles. The molecule has 0 radical (unpaired) electrons. The van der Waals surface area contributed by atoms with Crippen LogP contribution >= 0.6 is 0 Å². The van der Waals surface area contributed by atoms with Gasteiger partial charge >= 0.3 is 0 Å². The quantitative estimate of drug-likeness (QED) is 0.720. The van der Waals surface area contributed by atoms with Crippen molar-refractivity contribution in [1.82, 2.24) is 0 Å². The molecule has 5 rings (SSSR count). The van der Waals surface area contributed by atoms with Gasteiger partial charge in [0.25, 0.3) is 0 Å². The van der Waals surface area contributed by atoms with Crippen molar-refractivity contribution in [3.8, 4) is 0 Å². The molecule has 0 aromatic rings. The fourth-order valence-electron chi connectivity index (χ4n) is 8.31. The lowest BCUT2D eigenvalue weighted by Crippen LogP contribution is -2.50. The summed E-state index contributed by atoms with van der Waals surface area (Å²) in [5.74, 6) is 3.88. The summed E-state index contributed by atoms with van der Waals surface area (Å²) in [5.41, 5.74) is 4.35. The summed E-state index contributed by atoms with van der Waals surface area (Å²) in [7, 11) is 0. The Morgan fingerprint density at radius 1 is 1.22 bits per heavy atom. The second-order valence-electron chi connectivity index (χ2n) is 9.85. The number of fused-ring (bicyclic) bond motifs is 2. The molecule has 2 nitrogen and oxygen atoms in total. The van der Waals surface area contributed by atoms with Crippen LogP contribution in [0.15, 0.2) is 11.1 Å². The molecule has 0 bridgehead atoms. The summed E-state index contributed by atoms with van der Waals surface area (Å²) >= 11 is 0. The van der Waals surface area contributed by atoms with Crippen molar-refractivity contribution in [3.05, 3.63) is 11.1 Å². The highest BCUT2D eigenvalue weighted by molar-refractivity contribution is 5.33. The Kier molecular flexibility index (Phi) is 3.01. The van der Waals surface area contributed by atoms with Crippen molar-refractivity contribution >= 4 is 0 Å². The third-order valence-corrected chi connectivity index (χ3v) is 9.22. The molecule has 5 aliphatic rings. The Labute approximate surface area is 140 Å². The van der Waals surface area contributed by atoms with E-state index in [-0.39, 0.29) is 6.10 Å². The van der Waals surface area contributed by atoms with E-state index in [1.54, 1.807) is 11.1 Å². The molecule has 0 aromatic carbocycles. The lowest BCUT2D eigenvalue weighted by molar-refractivity contribution is -0.0581. The van der Waals surface area contributed by atoms with Gasteiger partial charge in [-0.2, -0.15) is 0 Å². The summed E-state index contributed by atoms with van der Waals surface area (Å²) in [6.45, 7) is 5.42. The first-order valence-electron chi connectivity index (χ1n) is 10.0. The van der Waals surface area contributed by atoms with E-state index in [9.17, 15) is 10.2 Å². The lowest BCUT2D eigenvalue weighted by atomic mass is 9.48. The molecule has 2 N–H and O–H groups in total. The standard InChI is InChI=1S/C21H32O2/c1-12-7-13-8-16(23)3-4-17(13)18-5-6-20(2)15(11-22)9-14-10-21(14,20)19(12)18/h12,14-16,18-19,22-23H,3-11H2,1-2H3/t12-,14-,15+,16-,18-,19-,20-,21-/m1/s1. The van der Waals surface area contributed by atoms with Crippen LogP contribution in [0.5, 0.6) is 0 Å². The predicted molar refractivity (Wildman–Crippen MR) is 90.7 cm³/mol. The van der Waals surface area contributed by atoms with Crippen molar-refractivity contribution in [3.63, 3.8) is 0 Å². The number of allylic oxidation sites excluding steroid dienone is 1. The maximum Gasteiger partial charge on any atom is 0.0580 e. The summed E-state index contributed by atoms with van der Waals surface area (Å²) in [6.07, 6.45) is 9.65. The number of hydrogen-bond donors (Lipinski definition) is 2. The first-order chi connectivity index (χ1) is 11.0. The van der Waals surface area contributed by atoms with E-state index in [4.69, 9.17) is 0 Å². The monoisotopic (exact) mass is 316 g/mol. The van der Waals surface area contributed by atoms with Crippen molar-refractivity contribution in [2.75, 3.05) is 6.61 Å². The fourth-order valence-corrected chi connectivity index (χ4v) is 8.31. The van der Waals surface area contributed by atoms with Gasteiger partial charge in [-0.3, -0.25) is 0 Å².